The van der Waals surface area contributed by atoms with E-state index in [1.165, 1.54) is 6.07 Å². The summed E-state index contributed by atoms with van der Waals surface area (Å²) in [6.45, 7) is 4.70. The molecule has 0 fully saturated rings. The monoisotopic (exact) mass is 262 g/mol. The van der Waals surface area contributed by atoms with E-state index in [0.29, 0.717) is 12.1 Å². The summed E-state index contributed by atoms with van der Waals surface area (Å²) in [6, 6.07) is 8.44. The molecule has 0 radical (unpaired) electrons. The van der Waals surface area contributed by atoms with E-state index in [4.69, 9.17) is 0 Å². The fourth-order valence-electron chi connectivity index (χ4n) is 2.16. The van der Waals surface area contributed by atoms with Gasteiger partial charge >= 0.3 is 0 Å². The van der Waals surface area contributed by atoms with Crippen molar-refractivity contribution >= 4 is 0 Å². The Kier molecular flexibility index (Phi) is 4.32. The van der Waals surface area contributed by atoms with E-state index < -0.39 is 6.10 Å². The highest BCUT2D eigenvalue weighted by molar-refractivity contribution is 5.21. The molecule has 1 unspecified atom stereocenters. The van der Waals surface area contributed by atoms with E-state index in [-0.39, 0.29) is 12.2 Å². The Morgan fingerprint density at radius 3 is 2.68 bits per heavy atom. The third kappa shape index (κ3) is 3.01. The minimum atomic E-state index is -0.732. The molecule has 102 valence electrons. The average molecular weight is 262 g/mol. The lowest BCUT2D eigenvalue weighted by atomic mass is 10.0. The van der Waals surface area contributed by atoms with Gasteiger partial charge in [-0.05, 0) is 31.0 Å². The lowest BCUT2D eigenvalue weighted by Crippen LogP contribution is -2.10. The lowest BCUT2D eigenvalue weighted by molar-refractivity contribution is 0.166. The Morgan fingerprint density at radius 1 is 1.32 bits per heavy atom. The molecule has 0 saturated carbocycles. The highest BCUT2D eigenvalue weighted by Gasteiger charge is 2.16. The maximum atomic E-state index is 13.6. The molecule has 1 aromatic carbocycles. The summed E-state index contributed by atoms with van der Waals surface area (Å²) in [7, 11) is 0. The summed E-state index contributed by atoms with van der Waals surface area (Å²) in [5.74, 6) is -0.278. The topological polar surface area (TPSA) is 38.0 Å². The van der Waals surface area contributed by atoms with Gasteiger partial charge in [-0.2, -0.15) is 5.10 Å². The third-order valence-corrected chi connectivity index (χ3v) is 3.24. The van der Waals surface area contributed by atoms with Gasteiger partial charge in [-0.15, -0.1) is 0 Å². The molecule has 3 nitrogen and oxygen atoms in total. The van der Waals surface area contributed by atoms with Crippen LogP contribution in [-0.2, 0) is 19.4 Å². The maximum Gasteiger partial charge on any atom is 0.126 e. The second kappa shape index (κ2) is 5.97. The first-order valence-electron chi connectivity index (χ1n) is 6.63. The van der Waals surface area contributed by atoms with Crippen molar-refractivity contribution in [1.82, 2.24) is 9.78 Å². The van der Waals surface area contributed by atoms with Gasteiger partial charge in [-0.25, -0.2) is 4.39 Å². The maximum absolute atomic E-state index is 13.6. The second-order valence-corrected chi connectivity index (χ2v) is 4.54. The molecule has 1 N–H and O–H groups in total. The molecule has 0 aliphatic carbocycles. The van der Waals surface area contributed by atoms with E-state index >= 15 is 0 Å². The summed E-state index contributed by atoms with van der Waals surface area (Å²) in [5.41, 5.74) is 2.23. The number of aromatic nitrogens is 2. The molecule has 19 heavy (non-hydrogen) atoms. The van der Waals surface area contributed by atoms with Crippen molar-refractivity contribution in [3.05, 3.63) is 53.1 Å². The third-order valence-electron chi connectivity index (χ3n) is 3.24. The van der Waals surface area contributed by atoms with Crippen molar-refractivity contribution in [2.24, 2.45) is 0 Å². The number of aryl methyl sites for hydroxylation is 2. The number of rotatable bonds is 5. The van der Waals surface area contributed by atoms with Gasteiger partial charge in [-0.1, -0.05) is 25.1 Å². The van der Waals surface area contributed by atoms with Crippen LogP contribution in [0.25, 0.3) is 0 Å². The van der Waals surface area contributed by atoms with E-state index in [2.05, 4.69) is 5.10 Å². The van der Waals surface area contributed by atoms with Crippen LogP contribution in [0.3, 0.4) is 0 Å². The number of halogens is 1. The standard InChI is InChI=1S/C15H19FN2O/c1-3-12-10-14(18(4-2)17-12)15(19)9-11-7-5-6-8-13(11)16/h5-8,10,15,19H,3-4,9H2,1-2H3. The zero-order valence-corrected chi connectivity index (χ0v) is 11.3. The Labute approximate surface area is 112 Å². The molecule has 1 aromatic heterocycles. The number of benzene rings is 1. The summed E-state index contributed by atoms with van der Waals surface area (Å²) in [6.07, 6.45) is 0.359. The Bertz CT molecular complexity index is 551. The average Bonchev–Trinajstić information content (AvgIpc) is 2.84. The SMILES string of the molecule is CCc1cc(C(O)Cc2ccccc2F)n(CC)n1. The molecule has 0 aliphatic heterocycles. The van der Waals surface area contributed by atoms with E-state index in [0.717, 1.165) is 17.8 Å². The first-order valence-corrected chi connectivity index (χ1v) is 6.63. The van der Waals surface area contributed by atoms with Crippen LogP contribution in [0.5, 0.6) is 0 Å². The number of hydrogen-bond acceptors (Lipinski definition) is 2. The van der Waals surface area contributed by atoms with E-state index in [1.807, 2.05) is 19.9 Å². The number of nitrogens with zero attached hydrogens (tertiary/aromatic N) is 2. The zero-order chi connectivity index (χ0) is 13.8. The first kappa shape index (κ1) is 13.7. The molecule has 0 spiro atoms. The second-order valence-electron chi connectivity index (χ2n) is 4.54. The Hall–Kier alpha value is -1.68. The predicted molar refractivity (Wildman–Crippen MR) is 72.3 cm³/mol. The van der Waals surface area contributed by atoms with Gasteiger partial charge in [-0.3, -0.25) is 4.68 Å². The molecule has 2 aromatic rings. The molecule has 1 heterocycles. The molecule has 4 heteroatoms. The largest absolute Gasteiger partial charge is 0.386 e. The van der Waals surface area contributed by atoms with Gasteiger partial charge in [0.1, 0.15) is 5.82 Å². The zero-order valence-electron chi connectivity index (χ0n) is 11.3. The predicted octanol–water partition coefficient (Wildman–Crippen LogP) is 2.88. The highest BCUT2D eigenvalue weighted by Crippen LogP contribution is 2.21. The lowest BCUT2D eigenvalue weighted by Gasteiger charge is -2.12. The Balaban J connectivity index is 2.22. The van der Waals surface area contributed by atoms with Crippen LogP contribution in [0.15, 0.2) is 30.3 Å². The van der Waals surface area contributed by atoms with Crippen molar-refractivity contribution in [1.29, 1.82) is 0 Å². The van der Waals surface area contributed by atoms with Gasteiger partial charge in [0, 0.05) is 13.0 Å². The van der Waals surface area contributed by atoms with Crippen molar-refractivity contribution in [2.45, 2.75) is 39.3 Å². The van der Waals surface area contributed by atoms with Crippen LogP contribution in [-0.4, -0.2) is 14.9 Å². The minimum absolute atomic E-state index is 0.265. The first-order chi connectivity index (χ1) is 9.15. The Morgan fingerprint density at radius 2 is 2.05 bits per heavy atom. The molecule has 0 saturated heterocycles. The molecule has 0 aliphatic rings. The minimum Gasteiger partial charge on any atom is -0.386 e. The summed E-state index contributed by atoms with van der Waals surface area (Å²) in [4.78, 5) is 0. The van der Waals surface area contributed by atoms with Crippen LogP contribution < -0.4 is 0 Å². The molecule has 1 atom stereocenters. The van der Waals surface area contributed by atoms with Crippen LogP contribution in [0.4, 0.5) is 4.39 Å². The van der Waals surface area contributed by atoms with Crippen LogP contribution in [0.1, 0.15) is 36.9 Å². The summed E-state index contributed by atoms with van der Waals surface area (Å²) < 4.78 is 15.4. The quantitative estimate of drug-likeness (QED) is 0.899. The molecule has 0 amide bonds. The van der Waals surface area contributed by atoms with Crippen molar-refractivity contribution in [2.75, 3.05) is 0 Å². The van der Waals surface area contributed by atoms with Gasteiger partial charge in [0.25, 0.3) is 0 Å². The molecular formula is C15H19FN2O. The van der Waals surface area contributed by atoms with E-state index in [1.54, 1.807) is 22.9 Å². The normalized spacial score (nSPS) is 12.6. The summed E-state index contributed by atoms with van der Waals surface area (Å²) in [5, 5.41) is 14.7. The van der Waals surface area contributed by atoms with Crippen LogP contribution in [0, 0.1) is 5.82 Å². The fourth-order valence-corrected chi connectivity index (χ4v) is 2.16. The van der Waals surface area contributed by atoms with Gasteiger partial charge in [0.15, 0.2) is 0 Å². The van der Waals surface area contributed by atoms with Crippen LogP contribution >= 0.6 is 0 Å². The highest BCUT2D eigenvalue weighted by atomic mass is 19.1. The smallest absolute Gasteiger partial charge is 0.126 e. The van der Waals surface area contributed by atoms with Gasteiger partial charge in [0.2, 0.25) is 0 Å². The van der Waals surface area contributed by atoms with Crippen LogP contribution in [0.2, 0.25) is 0 Å². The number of aliphatic hydroxyl groups is 1. The molecule has 2 rings (SSSR count). The molecular weight excluding hydrogens is 243 g/mol. The van der Waals surface area contributed by atoms with Crippen molar-refractivity contribution in [3.63, 3.8) is 0 Å². The number of hydrogen-bond donors (Lipinski definition) is 1. The van der Waals surface area contributed by atoms with Crippen molar-refractivity contribution < 1.29 is 9.50 Å². The van der Waals surface area contributed by atoms with E-state index in [9.17, 15) is 9.50 Å². The fraction of sp³-hybridized carbons (Fsp3) is 0.400. The van der Waals surface area contributed by atoms with Crippen molar-refractivity contribution in [3.8, 4) is 0 Å². The van der Waals surface area contributed by atoms with Gasteiger partial charge < -0.3 is 5.11 Å². The molecule has 0 bridgehead atoms. The summed E-state index contributed by atoms with van der Waals surface area (Å²) >= 11 is 0. The number of aliphatic hydroxyl groups excluding tert-OH is 1. The van der Waals surface area contributed by atoms with Gasteiger partial charge in [0.05, 0.1) is 17.5 Å².